The monoisotopic (exact) mass is 351 g/mol. The maximum atomic E-state index is 11.9. The van der Waals surface area contributed by atoms with Crippen molar-refractivity contribution in [3.8, 4) is 5.75 Å². The van der Waals surface area contributed by atoms with Crippen molar-refractivity contribution in [2.45, 2.75) is 45.8 Å². The highest BCUT2D eigenvalue weighted by Gasteiger charge is 2.24. The van der Waals surface area contributed by atoms with Crippen LogP contribution in [-0.4, -0.2) is 30.6 Å². The Labute approximate surface area is 147 Å². The first kappa shape index (κ1) is 20.6. The van der Waals surface area contributed by atoms with Crippen LogP contribution in [0, 0.1) is 5.92 Å². The lowest BCUT2D eigenvalue weighted by molar-refractivity contribution is -0.143. The molecule has 25 heavy (non-hydrogen) atoms. The van der Waals surface area contributed by atoms with Crippen LogP contribution in [0.1, 0.15) is 45.7 Å². The second-order valence-corrected chi connectivity index (χ2v) is 6.75. The third-order valence-electron chi connectivity index (χ3n) is 3.10. The predicted octanol–water partition coefficient (Wildman–Crippen LogP) is 2.77. The summed E-state index contributed by atoms with van der Waals surface area (Å²) < 4.78 is 15.0. The Balaban J connectivity index is 2.58. The summed E-state index contributed by atoms with van der Waals surface area (Å²) in [6.07, 6.45) is 0.198. The van der Waals surface area contributed by atoms with E-state index in [0.29, 0.717) is 24.3 Å². The summed E-state index contributed by atoms with van der Waals surface area (Å²) in [6.45, 7) is 7.30. The molecule has 0 spiro atoms. The van der Waals surface area contributed by atoms with Gasteiger partial charge in [0, 0.05) is 6.42 Å². The second-order valence-electron chi connectivity index (χ2n) is 6.75. The number of benzene rings is 1. The summed E-state index contributed by atoms with van der Waals surface area (Å²) in [6, 6.07) is 5.42. The molecule has 0 aliphatic carbocycles. The Morgan fingerprint density at radius 2 is 1.80 bits per heavy atom. The molecule has 0 aliphatic heterocycles. The van der Waals surface area contributed by atoms with Crippen molar-refractivity contribution in [2.75, 3.05) is 6.61 Å². The number of ether oxygens (including phenoxy) is 3. The van der Waals surface area contributed by atoms with Gasteiger partial charge in [-0.05, 0) is 44.4 Å². The molecule has 0 saturated carbocycles. The number of hydrogen-bond acceptors (Lipinski definition) is 7. The van der Waals surface area contributed by atoms with Crippen LogP contribution in [-0.2, 0) is 19.1 Å². The van der Waals surface area contributed by atoms with Gasteiger partial charge in [0.1, 0.15) is 23.7 Å². The van der Waals surface area contributed by atoms with E-state index in [9.17, 15) is 14.4 Å². The number of carbonyl (C=O) groups is 3. The lowest BCUT2D eigenvalue weighted by atomic mass is 10.1. The van der Waals surface area contributed by atoms with E-state index in [1.54, 1.807) is 45.0 Å². The largest absolute Gasteiger partial charge is 0.516 e. The van der Waals surface area contributed by atoms with E-state index < -0.39 is 23.8 Å². The number of esters is 1. The fraction of sp³-hybridized carbons (Fsp3) is 0.500. The van der Waals surface area contributed by atoms with Crippen LogP contribution in [0.4, 0.5) is 4.79 Å². The highest BCUT2D eigenvalue weighted by molar-refractivity contribution is 5.86. The molecular weight excluding hydrogens is 326 g/mol. The quantitative estimate of drug-likeness (QED) is 0.457. The molecule has 0 bridgehead atoms. The van der Waals surface area contributed by atoms with Crippen LogP contribution < -0.4 is 10.5 Å². The SMILES string of the molecule is CC(CC=O)COc1ccc(C(N)C(=O)OC(=O)OC(C)(C)C)cc1. The molecule has 1 aromatic rings. The Kier molecular flexibility index (Phi) is 7.57. The van der Waals surface area contributed by atoms with Crippen LogP contribution in [0.3, 0.4) is 0 Å². The third-order valence-corrected chi connectivity index (χ3v) is 3.10. The number of nitrogens with two attached hydrogens (primary N) is 1. The minimum Gasteiger partial charge on any atom is -0.493 e. The van der Waals surface area contributed by atoms with Crippen molar-refractivity contribution in [1.29, 1.82) is 0 Å². The van der Waals surface area contributed by atoms with Crippen molar-refractivity contribution >= 4 is 18.4 Å². The van der Waals surface area contributed by atoms with Crippen LogP contribution in [0.15, 0.2) is 24.3 Å². The van der Waals surface area contributed by atoms with Gasteiger partial charge in [0.2, 0.25) is 0 Å². The van der Waals surface area contributed by atoms with Gasteiger partial charge >= 0.3 is 12.1 Å². The lowest BCUT2D eigenvalue weighted by Gasteiger charge is -2.19. The topological polar surface area (TPSA) is 105 Å². The normalized spacial score (nSPS) is 13.5. The summed E-state index contributed by atoms with van der Waals surface area (Å²) >= 11 is 0. The van der Waals surface area contributed by atoms with E-state index >= 15 is 0 Å². The summed E-state index contributed by atoms with van der Waals surface area (Å²) in [5.74, 6) is -0.194. The van der Waals surface area contributed by atoms with E-state index in [1.165, 1.54) is 0 Å². The molecule has 0 aliphatic rings. The summed E-state index contributed by atoms with van der Waals surface area (Å²) in [7, 11) is 0. The molecule has 2 N–H and O–H groups in total. The van der Waals surface area contributed by atoms with Crippen molar-refractivity contribution < 1.29 is 28.6 Å². The van der Waals surface area contributed by atoms with Gasteiger partial charge in [-0.3, -0.25) is 0 Å². The van der Waals surface area contributed by atoms with E-state index in [1.807, 2.05) is 6.92 Å². The number of rotatable bonds is 7. The lowest BCUT2D eigenvalue weighted by Crippen LogP contribution is -2.30. The van der Waals surface area contributed by atoms with E-state index in [-0.39, 0.29) is 5.92 Å². The van der Waals surface area contributed by atoms with Crippen LogP contribution >= 0.6 is 0 Å². The van der Waals surface area contributed by atoms with Gasteiger partial charge in [-0.25, -0.2) is 9.59 Å². The van der Waals surface area contributed by atoms with Crippen molar-refractivity contribution in [2.24, 2.45) is 11.7 Å². The van der Waals surface area contributed by atoms with Gasteiger partial charge in [-0.2, -0.15) is 0 Å². The minimum atomic E-state index is -1.12. The molecule has 2 unspecified atom stereocenters. The summed E-state index contributed by atoms with van der Waals surface area (Å²) in [5, 5.41) is 0. The highest BCUT2D eigenvalue weighted by atomic mass is 16.7. The molecule has 2 atom stereocenters. The Hall–Kier alpha value is -2.41. The predicted molar refractivity (Wildman–Crippen MR) is 91.0 cm³/mol. The van der Waals surface area contributed by atoms with Crippen LogP contribution in [0.5, 0.6) is 5.75 Å². The Bertz CT molecular complexity index is 591. The molecular formula is C18H25NO6. The fourth-order valence-corrected chi connectivity index (χ4v) is 1.79. The first-order valence-electron chi connectivity index (χ1n) is 7.99. The van der Waals surface area contributed by atoms with Crippen molar-refractivity contribution in [3.05, 3.63) is 29.8 Å². The molecule has 0 saturated heterocycles. The zero-order chi connectivity index (χ0) is 19.0. The summed E-state index contributed by atoms with van der Waals surface area (Å²) in [5.41, 5.74) is 5.51. The number of carbonyl (C=O) groups excluding carboxylic acids is 3. The van der Waals surface area contributed by atoms with Crippen LogP contribution in [0.2, 0.25) is 0 Å². The Morgan fingerprint density at radius 3 is 2.32 bits per heavy atom. The molecule has 0 fully saturated rings. The minimum absolute atomic E-state index is 0.114. The Morgan fingerprint density at radius 1 is 1.20 bits per heavy atom. The van der Waals surface area contributed by atoms with Crippen molar-refractivity contribution in [1.82, 2.24) is 0 Å². The van der Waals surface area contributed by atoms with E-state index in [2.05, 4.69) is 4.74 Å². The van der Waals surface area contributed by atoms with Crippen LogP contribution in [0.25, 0.3) is 0 Å². The van der Waals surface area contributed by atoms with Gasteiger partial charge in [0.25, 0.3) is 0 Å². The molecule has 1 aromatic carbocycles. The standard InChI is InChI=1S/C18H25NO6/c1-12(9-10-20)11-23-14-7-5-13(6-8-14)15(19)16(21)24-17(22)25-18(2,3)4/h5-8,10,12,15H,9,11,19H2,1-4H3. The fourth-order valence-electron chi connectivity index (χ4n) is 1.79. The van der Waals surface area contributed by atoms with Gasteiger partial charge < -0.3 is 24.7 Å². The van der Waals surface area contributed by atoms with Gasteiger partial charge in [0.05, 0.1) is 6.61 Å². The molecule has 138 valence electrons. The highest BCUT2D eigenvalue weighted by Crippen LogP contribution is 2.19. The zero-order valence-electron chi connectivity index (χ0n) is 15.0. The number of aldehydes is 1. The molecule has 0 aromatic heterocycles. The molecule has 0 amide bonds. The molecule has 0 radical (unpaired) electrons. The van der Waals surface area contributed by atoms with Gasteiger partial charge in [0.15, 0.2) is 0 Å². The average molecular weight is 351 g/mol. The maximum absolute atomic E-state index is 11.9. The second kappa shape index (κ2) is 9.17. The maximum Gasteiger partial charge on any atom is 0.516 e. The molecule has 7 heteroatoms. The van der Waals surface area contributed by atoms with E-state index in [4.69, 9.17) is 15.2 Å². The molecule has 7 nitrogen and oxygen atoms in total. The number of hydrogen-bond donors (Lipinski definition) is 1. The first-order chi connectivity index (χ1) is 11.6. The van der Waals surface area contributed by atoms with Gasteiger partial charge in [-0.15, -0.1) is 0 Å². The zero-order valence-corrected chi connectivity index (χ0v) is 15.0. The average Bonchev–Trinajstić information content (AvgIpc) is 2.51. The molecule has 0 heterocycles. The first-order valence-corrected chi connectivity index (χ1v) is 7.99. The molecule has 1 rings (SSSR count). The van der Waals surface area contributed by atoms with Gasteiger partial charge in [-0.1, -0.05) is 19.1 Å². The summed E-state index contributed by atoms with van der Waals surface area (Å²) in [4.78, 5) is 33.8. The smallest absolute Gasteiger partial charge is 0.493 e. The van der Waals surface area contributed by atoms with E-state index in [0.717, 1.165) is 6.29 Å². The third kappa shape index (κ3) is 7.80. The van der Waals surface area contributed by atoms with Crippen molar-refractivity contribution in [3.63, 3.8) is 0 Å².